The Hall–Kier alpha value is -3.80. The molecule has 1 aliphatic rings. The van der Waals surface area contributed by atoms with E-state index in [4.69, 9.17) is 14.3 Å². The van der Waals surface area contributed by atoms with Crippen molar-refractivity contribution >= 4 is 11.7 Å². The Balaban J connectivity index is 1.29. The predicted molar refractivity (Wildman–Crippen MR) is 130 cm³/mol. The molecular weight excluding hydrogens is 430 g/mol. The molecule has 1 unspecified atom stereocenters. The van der Waals surface area contributed by atoms with Crippen LogP contribution in [0.25, 0.3) is 0 Å². The van der Waals surface area contributed by atoms with Gasteiger partial charge in [0.2, 0.25) is 0 Å². The molecule has 0 radical (unpaired) electrons. The zero-order valence-electron chi connectivity index (χ0n) is 19.2. The minimum Gasteiger partial charge on any atom is -0.489 e. The zero-order valence-corrected chi connectivity index (χ0v) is 19.2. The van der Waals surface area contributed by atoms with E-state index in [1.807, 2.05) is 78.9 Å². The van der Waals surface area contributed by atoms with Crippen molar-refractivity contribution in [3.8, 4) is 11.5 Å². The highest BCUT2D eigenvalue weighted by Gasteiger charge is 2.33. The van der Waals surface area contributed by atoms with Crippen molar-refractivity contribution < 1.29 is 24.2 Å². The summed E-state index contributed by atoms with van der Waals surface area (Å²) in [5.74, 6) is 1.34. The number of carboxylic acid groups (broad SMARTS) is 1. The van der Waals surface area contributed by atoms with Gasteiger partial charge in [0.1, 0.15) is 37.5 Å². The van der Waals surface area contributed by atoms with Gasteiger partial charge in [0, 0.05) is 5.56 Å². The molecule has 1 N–H and O–H groups in total. The van der Waals surface area contributed by atoms with Crippen LogP contribution in [0.3, 0.4) is 0 Å². The second-order valence-electron chi connectivity index (χ2n) is 8.42. The number of hydrogen-bond acceptors (Lipinski definition) is 5. The maximum absolute atomic E-state index is 11.2. The lowest BCUT2D eigenvalue weighted by molar-refractivity contribution is -0.137. The van der Waals surface area contributed by atoms with Gasteiger partial charge in [-0.1, -0.05) is 59.8 Å². The molecule has 3 aromatic rings. The van der Waals surface area contributed by atoms with E-state index in [0.717, 1.165) is 41.0 Å². The number of carbonyl (C=O) groups is 1. The topological polar surface area (TPSA) is 77.3 Å². The van der Waals surface area contributed by atoms with Gasteiger partial charge in [-0.25, -0.2) is 0 Å². The highest BCUT2D eigenvalue weighted by atomic mass is 16.6. The van der Waals surface area contributed by atoms with Crippen molar-refractivity contribution in [3.63, 3.8) is 0 Å². The number of nitrogens with zero attached hydrogens (tertiary/aromatic N) is 1. The van der Waals surface area contributed by atoms with Crippen molar-refractivity contribution in [2.75, 3.05) is 13.7 Å². The normalized spacial score (nSPS) is 14.3. The summed E-state index contributed by atoms with van der Waals surface area (Å²) in [5, 5.41) is 13.3. The molecule has 6 heteroatoms. The molecular formula is C28H29NO5. The van der Waals surface area contributed by atoms with Crippen LogP contribution in [0.2, 0.25) is 0 Å². The van der Waals surface area contributed by atoms with Gasteiger partial charge in [-0.3, -0.25) is 4.79 Å². The largest absolute Gasteiger partial charge is 0.489 e. The second kappa shape index (κ2) is 11.4. The highest BCUT2D eigenvalue weighted by Crippen LogP contribution is 2.44. The van der Waals surface area contributed by atoms with Crippen molar-refractivity contribution in [2.24, 2.45) is 11.1 Å². The average Bonchev–Trinajstić information content (AvgIpc) is 3.71. The monoisotopic (exact) mass is 459 g/mol. The van der Waals surface area contributed by atoms with Crippen molar-refractivity contribution in [1.29, 1.82) is 0 Å². The first-order valence-electron chi connectivity index (χ1n) is 11.4. The molecule has 3 aromatic carbocycles. The van der Waals surface area contributed by atoms with Crippen LogP contribution < -0.4 is 9.47 Å². The van der Waals surface area contributed by atoms with Crippen molar-refractivity contribution in [3.05, 3.63) is 95.6 Å². The minimum absolute atomic E-state index is 0.0930. The smallest absolute Gasteiger partial charge is 0.303 e. The molecule has 0 heterocycles. The fourth-order valence-corrected chi connectivity index (χ4v) is 3.96. The Kier molecular flexibility index (Phi) is 7.81. The van der Waals surface area contributed by atoms with Crippen LogP contribution in [0.1, 0.15) is 41.9 Å². The maximum Gasteiger partial charge on any atom is 0.303 e. The molecule has 1 saturated carbocycles. The number of aliphatic carboxylic acids is 1. The van der Waals surface area contributed by atoms with Crippen LogP contribution in [-0.4, -0.2) is 30.5 Å². The Morgan fingerprint density at radius 1 is 0.941 bits per heavy atom. The van der Waals surface area contributed by atoms with Gasteiger partial charge in [-0.2, -0.15) is 0 Å². The van der Waals surface area contributed by atoms with Gasteiger partial charge in [0.05, 0.1) is 6.42 Å². The summed E-state index contributed by atoms with van der Waals surface area (Å²) in [6.45, 7) is 0.727. The number of oxime groups is 1. The van der Waals surface area contributed by atoms with Gasteiger partial charge >= 0.3 is 5.97 Å². The summed E-state index contributed by atoms with van der Waals surface area (Å²) in [5.41, 5.74) is 3.76. The molecule has 0 aromatic heterocycles. The van der Waals surface area contributed by atoms with Crippen molar-refractivity contribution in [2.45, 2.75) is 31.8 Å². The Morgan fingerprint density at radius 3 is 2.21 bits per heavy atom. The molecule has 0 spiro atoms. The van der Waals surface area contributed by atoms with Crippen LogP contribution in [-0.2, 0) is 16.2 Å². The third kappa shape index (κ3) is 6.61. The molecule has 0 saturated heterocycles. The number of carboxylic acids is 1. The summed E-state index contributed by atoms with van der Waals surface area (Å²) in [4.78, 5) is 16.1. The molecule has 176 valence electrons. The van der Waals surface area contributed by atoms with Gasteiger partial charge < -0.3 is 19.4 Å². The first kappa shape index (κ1) is 23.4. The second-order valence-corrected chi connectivity index (χ2v) is 8.42. The zero-order chi connectivity index (χ0) is 23.8. The third-order valence-electron chi connectivity index (χ3n) is 5.91. The lowest BCUT2D eigenvalue weighted by atomic mass is 9.91. The predicted octanol–water partition coefficient (Wildman–Crippen LogP) is 5.66. The molecule has 0 bridgehead atoms. The number of hydrogen-bond donors (Lipinski definition) is 1. The Labute approximate surface area is 199 Å². The van der Waals surface area contributed by atoms with Crippen LogP contribution >= 0.6 is 0 Å². The third-order valence-corrected chi connectivity index (χ3v) is 5.91. The van der Waals surface area contributed by atoms with Crippen LogP contribution in [0.5, 0.6) is 11.5 Å². The standard InChI is InChI=1S/C28H29NO5/c1-32-29-27(23-5-3-2-4-6-23)19-34-24-13-7-20(8-14-24)18-33-25-15-11-22(12-16-25)26(17-28(30)31)21-9-10-21/h2-8,11-16,21,26H,9-10,17-19H2,1H3,(H,30,31)/b29-27-. The van der Waals surface area contributed by atoms with E-state index in [2.05, 4.69) is 5.16 Å². The van der Waals surface area contributed by atoms with E-state index >= 15 is 0 Å². The summed E-state index contributed by atoms with van der Waals surface area (Å²) in [6.07, 6.45) is 2.41. The quantitative estimate of drug-likeness (QED) is 0.279. The van der Waals surface area contributed by atoms with Gasteiger partial charge in [-0.05, 0) is 60.1 Å². The first-order chi connectivity index (χ1) is 16.6. The Morgan fingerprint density at radius 2 is 1.59 bits per heavy atom. The molecule has 4 rings (SSSR count). The lowest BCUT2D eigenvalue weighted by Gasteiger charge is -2.15. The fourth-order valence-electron chi connectivity index (χ4n) is 3.96. The van der Waals surface area contributed by atoms with Crippen LogP contribution in [0, 0.1) is 5.92 Å². The molecule has 1 atom stereocenters. The summed E-state index contributed by atoms with van der Waals surface area (Å²) in [7, 11) is 1.52. The lowest BCUT2D eigenvalue weighted by Crippen LogP contribution is -2.13. The highest BCUT2D eigenvalue weighted by molar-refractivity contribution is 6.01. The van der Waals surface area contributed by atoms with Crippen LogP contribution in [0.4, 0.5) is 0 Å². The Bertz CT molecular complexity index is 1090. The van der Waals surface area contributed by atoms with Crippen molar-refractivity contribution in [1.82, 2.24) is 0 Å². The fraction of sp³-hybridized carbons (Fsp3) is 0.286. The number of benzene rings is 3. The SMILES string of the molecule is CO/N=C(/COc1ccc(COc2ccc(C(CC(=O)O)C3CC3)cc2)cc1)c1ccccc1. The first-order valence-corrected chi connectivity index (χ1v) is 11.4. The van der Waals surface area contributed by atoms with E-state index in [1.54, 1.807) is 0 Å². The molecule has 1 fully saturated rings. The number of ether oxygens (including phenoxy) is 2. The van der Waals surface area contributed by atoms with Crippen LogP contribution in [0.15, 0.2) is 84.0 Å². The van der Waals surface area contributed by atoms with Gasteiger partial charge in [-0.15, -0.1) is 0 Å². The minimum atomic E-state index is -0.744. The maximum atomic E-state index is 11.2. The summed E-state index contributed by atoms with van der Waals surface area (Å²) >= 11 is 0. The van der Waals surface area contributed by atoms with E-state index in [0.29, 0.717) is 24.8 Å². The molecule has 0 aliphatic heterocycles. The molecule has 1 aliphatic carbocycles. The van der Waals surface area contributed by atoms with E-state index in [9.17, 15) is 9.90 Å². The van der Waals surface area contributed by atoms with E-state index in [1.165, 1.54) is 7.11 Å². The number of rotatable bonds is 12. The molecule has 34 heavy (non-hydrogen) atoms. The van der Waals surface area contributed by atoms with E-state index < -0.39 is 5.97 Å². The van der Waals surface area contributed by atoms with Gasteiger partial charge in [0.15, 0.2) is 0 Å². The summed E-state index contributed by atoms with van der Waals surface area (Å²) < 4.78 is 11.8. The molecule has 0 amide bonds. The van der Waals surface area contributed by atoms with Gasteiger partial charge in [0.25, 0.3) is 0 Å². The summed E-state index contributed by atoms with van der Waals surface area (Å²) in [6, 6.07) is 25.3. The van der Waals surface area contributed by atoms with E-state index in [-0.39, 0.29) is 12.3 Å². The molecule has 6 nitrogen and oxygen atoms in total. The average molecular weight is 460 g/mol.